The number of halogens is 1. The third kappa shape index (κ3) is 2.46. The number of nitrogens with zero attached hydrogens (tertiary/aromatic N) is 2. The SMILES string of the molecule is CCC(CO)Nc1ncnc(Cl)c1N. The Morgan fingerprint density at radius 3 is 2.93 bits per heavy atom. The van der Waals surface area contributed by atoms with Crippen molar-refractivity contribution in [3.8, 4) is 0 Å². The number of rotatable bonds is 4. The summed E-state index contributed by atoms with van der Waals surface area (Å²) >= 11 is 5.71. The Morgan fingerprint density at radius 1 is 1.64 bits per heavy atom. The Kier molecular flexibility index (Phi) is 3.91. The fourth-order valence-corrected chi connectivity index (χ4v) is 1.09. The molecule has 0 aliphatic rings. The van der Waals surface area contributed by atoms with Crippen LogP contribution >= 0.6 is 11.6 Å². The van der Waals surface area contributed by atoms with E-state index in [1.807, 2.05) is 6.92 Å². The van der Waals surface area contributed by atoms with E-state index >= 15 is 0 Å². The summed E-state index contributed by atoms with van der Waals surface area (Å²) < 4.78 is 0. The van der Waals surface area contributed by atoms with Crippen LogP contribution in [0.15, 0.2) is 6.33 Å². The van der Waals surface area contributed by atoms with Crippen molar-refractivity contribution >= 4 is 23.1 Å². The van der Waals surface area contributed by atoms with Crippen LogP contribution < -0.4 is 11.1 Å². The normalized spacial score (nSPS) is 12.5. The first-order chi connectivity index (χ1) is 6.69. The quantitative estimate of drug-likeness (QED) is 0.652. The molecule has 1 heterocycles. The van der Waals surface area contributed by atoms with Gasteiger partial charge in [0.05, 0.1) is 12.6 Å². The highest BCUT2D eigenvalue weighted by molar-refractivity contribution is 6.32. The van der Waals surface area contributed by atoms with Crippen LogP contribution in [0.3, 0.4) is 0 Å². The molecule has 6 heteroatoms. The lowest BCUT2D eigenvalue weighted by atomic mass is 10.2. The van der Waals surface area contributed by atoms with Gasteiger partial charge in [-0.2, -0.15) is 0 Å². The van der Waals surface area contributed by atoms with Crippen LogP contribution in [-0.4, -0.2) is 27.7 Å². The van der Waals surface area contributed by atoms with Gasteiger partial charge in [0.2, 0.25) is 0 Å². The van der Waals surface area contributed by atoms with Gasteiger partial charge in [-0.3, -0.25) is 0 Å². The van der Waals surface area contributed by atoms with Gasteiger partial charge in [0.15, 0.2) is 11.0 Å². The molecule has 1 rings (SSSR count). The summed E-state index contributed by atoms with van der Waals surface area (Å²) in [4.78, 5) is 7.66. The van der Waals surface area contributed by atoms with Crippen LogP contribution in [0.25, 0.3) is 0 Å². The molecule has 0 saturated heterocycles. The zero-order valence-electron chi connectivity index (χ0n) is 7.87. The van der Waals surface area contributed by atoms with E-state index in [1.165, 1.54) is 6.33 Å². The summed E-state index contributed by atoms with van der Waals surface area (Å²) in [6.45, 7) is 1.98. The number of hydrogen-bond acceptors (Lipinski definition) is 5. The zero-order chi connectivity index (χ0) is 10.6. The molecule has 0 saturated carbocycles. The number of hydrogen-bond donors (Lipinski definition) is 3. The molecule has 0 radical (unpaired) electrons. The minimum atomic E-state index is -0.0664. The van der Waals surface area contributed by atoms with Crippen molar-refractivity contribution in [1.29, 1.82) is 0 Å². The molecule has 5 nitrogen and oxygen atoms in total. The molecule has 0 aliphatic carbocycles. The van der Waals surface area contributed by atoms with Crippen molar-refractivity contribution in [3.05, 3.63) is 11.5 Å². The molecule has 0 bridgehead atoms. The van der Waals surface area contributed by atoms with E-state index in [0.29, 0.717) is 11.5 Å². The van der Waals surface area contributed by atoms with Gasteiger partial charge >= 0.3 is 0 Å². The summed E-state index contributed by atoms with van der Waals surface area (Å²) in [7, 11) is 0. The monoisotopic (exact) mass is 216 g/mol. The minimum absolute atomic E-state index is 0.0254. The molecule has 4 N–H and O–H groups in total. The van der Waals surface area contributed by atoms with Crippen LogP contribution in [-0.2, 0) is 0 Å². The average Bonchev–Trinajstić information content (AvgIpc) is 2.20. The fourth-order valence-electron chi connectivity index (χ4n) is 0.959. The second-order valence-electron chi connectivity index (χ2n) is 2.86. The highest BCUT2D eigenvalue weighted by Gasteiger charge is 2.09. The van der Waals surface area contributed by atoms with Crippen molar-refractivity contribution in [2.75, 3.05) is 17.7 Å². The topological polar surface area (TPSA) is 84.1 Å². The van der Waals surface area contributed by atoms with E-state index in [2.05, 4.69) is 15.3 Å². The van der Waals surface area contributed by atoms with Crippen LogP contribution in [0.5, 0.6) is 0 Å². The smallest absolute Gasteiger partial charge is 0.157 e. The first-order valence-electron chi connectivity index (χ1n) is 4.32. The Morgan fingerprint density at radius 2 is 2.36 bits per heavy atom. The summed E-state index contributed by atoms with van der Waals surface area (Å²) in [5, 5.41) is 12.2. The maximum absolute atomic E-state index is 8.97. The number of anilines is 2. The average molecular weight is 217 g/mol. The number of nitrogen functional groups attached to an aromatic ring is 1. The van der Waals surface area contributed by atoms with Crippen molar-refractivity contribution in [2.45, 2.75) is 19.4 Å². The van der Waals surface area contributed by atoms with Gasteiger partial charge in [-0.1, -0.05) is 18.5 Å². The molecule has 14 heavy (non-hydrogen) atoms. The second-order valence-corrected chi connectivity index (χ2v) is 3.22. The first kappa shape index (κ1) is 11.0. The molecular weight excluding hydrogens is 204 g/mol. The van der Waals surface area contributed by atoms with Gasteiger partial charge in [-0.25, -0.2) is 9.97 Å². The largest absolute Gasteiger partial charge is 0.394 e. The molecule has 1 aromatic rings. The minimum Gasteiger partial charge on any atom is -0.394 e. The summed E-state index contributed by atoms with van der Waals surface area (Å²) in [6.07, 6.45) is 2.10. The molecule has 0 aliphatic heterocycles. The summed E-state index contributed by atoms with van der Waals surface area (Å²) in [5.41, 5.74) is 5.95. The van der Waals surface area contributed by atoms with Gasteiger partial charge in [0.1, 0.15) is 12.0 Å². The second kappa shape index (κ2) is 4.97. The van der Waals surface area contributed by atoms with Crippen LogP contribution in [0.4, 0.5) is 11.5 Å². The molecule has 1 aromatic heterocycles. The van der Waals surface area contributed by atoms with Crippen molar-refractivity contribution in [2.24, 2.45) is 0 Å². The first-order valence-corrected chi connectivity index (χ1v) is 4.70. The standard InChI is InChI=1S/C8H13ClN4O/c1-2-5(3-14)13-8-6(10)7(9)11-4-12-8/h4-5,14H,2-3,10H2,1H3,(H,11,12,13). The molecule has 0 aromatic carbocycles. The Labute approximate surface area is 87.3 Å². The lowest BCUT2D eigenvalue weighted by molar-refractivity contribution is 0.271. The van der Waals surface area contributed by atoms with Crippen LogP contribution in [0.1, 0.15) is 13.3 Å². The molecule has 0 fully saturated rings. The number of aromatic nitrogens is 2. The zero-order valence-corrected chi connectivity index (χ0v) is 8.62. The van der Waals surface area contributed by atoms with E-state index in [9.17, 15) is 0 Å². The van der Waals surface area contributed by atoms with Crippen molar-refractivity contribution in [1.82, 2.24) is 9.97 Å². The fraction of sp³-hybridized carbons (Fsp3) is 0.500. The molecule has 0 amide bonds. The predicted molar refractivity (Wildman–Crippen MR) is 56.2 cm³/mol. The number of nitrogens with two attached hydrogens (primary N) is 1. The molecule has 1 unspecified atom stereocenters. The van der Waals surface area contributed by atoms with Gasteiger partial charge < -0.3 is 16.2 Å². The molecule has 78 valence electrons. The van der Waals surface area contributed by atoms with E-state index in [-0.39, 0.29) is 17.8 Å². The maximum Gasteiger partial charge on any atom is 0.157 e. The van der Waals surface area contributed by atoms with Gasteiger partial charge in [-0.05, 0) is 6.42 Å². The highest BCUT2D eigenvalue weighted by Crippen LogP contribution is 2.22. The van der Waals surface area contributed by atoms with E-state index in [1.54, 1.807) is 0 Å². The van der Waals surface area contributed by atoms with Crippen molar-refractivity contribution < 1.29 is 5.11 Å². The maximum atomic E-state index is 8.97. The summed E-state index contributed by atoms with van der Waals surface area (Å²) in [5.74, 6) is 0.464. The lowest BCUT2D eigenvalue weighted by Gasteiger charge is -2.15. The third-order valence-electron chi connectivity index (χ3n) is 1.89. The van der Waals surface area contributed by atoms with Gasteiger partial charge in [0.25, 0.3) is 0 Å². The third-order valence-corrected chi connectivity index (χ3v) is 2.19. The number of aliphatic hydroxyl groups is 1. The summed E-state index contributed by atoms with van der Waals surface area (Å²) in [6, 6.07) is -0.0664. The van der Waals surface area contributed by atoms with E-state index in [4.69, 9.17) is 22.4 Å². The molecular formula is C8H13ClN4O. The number of nitrogens with one attached hydrogen (secondary N) is 1. The molecule has 0 spiro atoms. The van der Waals surface area contributed by atoms with Crippen molar-refractivity contribution in [3.63, 3.8) is 0 Å². The van der Waals surface area contributed by atoms with Gasteiger partial charge in [-0.15, -0.1) is 0 Å². The number of aliphatic hydroxyl groups excluding tert-OH is 1. The Balaban J connectivity index is 2.80. The van der Waals surface area contributed by atoms with Gasteiger partial charge in [0, 0.05) is 0 Å². The van der Waals surface area contributed by atoms with E-state index < -0.39 is 0 Å². The Bertz CT molecular complexity index is 303. The van der Waals surface area contributed by atoms with E-state index in [0.717, 1.165) is 6.42 Å². The lowest BCUT2D eigenvalue weighted by Crippen LogP contribution is -2.24. The van der Waals surface area contributed by atoms with Crippen LogP contribution in [0, 0.1) is 0 Å². The predicted octanol–water partition coefficient (Wildman–Crippen LogP) is 0.895. The Hall–Kier alpha value is -1.07. The van der Waals surface area contributed by atoms with Crippen LogP contribution in [0.2, 0.25) is 5.15 Å². The molecule has 1 atom stereocenters. The highest BCUT2D eigenvalue weighted by atomic mass is 35.5.